The number of hydrogen-bond donors (Lipinski definition) is 1. The second-order valence-electron chi connectivity index (χ2n) is 7.12. The second-order valence-corrected chi connectivity index (χ2v) is 7.12. The maximum Gasteiger partial charge on any atom is 0.222 e. The van der Waals surface area contributed by atoms with Crippen LogP contribution in [0, 0.1) is 13.8 Å². The molecule has 1 aromatic carbocycles. The van der Waals surface area contributed by atoms with E-state index in [1.807, 2.05) is 43.0 Å². The van der Waals surface area contributed by atoms with Crippen molar-refractivity contribution in [1.29, 1.82) is 0 Å². The van der Waals surface area contributed by atoms with Crippen molar-refractivity contribution in [3.8, 4) is 0 Å². The zero-order valence-corrected chi connectivity index (χ0v) is 15.3. The van der Waals surface area contributed by atoms with Crippen LogP contribution in [0.3, 0.4) is 0 Å². The first-order valence-electron chi connectivity index (χ1n) is 9.25. The van der Waals surface area contributed by atoms with Crippen molar-refractivity contribution in [2.24, 2.45) is 0 Å². The molecule has 1 aliphatic rings. The van der Waals surface area contributed by atoms with Gasteiger partial charge in [-0.25, -0.2) is 4.98 Å². The normalized spacial score (nSPS) is 17.8. The molecule has 1 N–H and O–H groups in total. The molecule has 136 valence electrons. The van der Waals surface area contributed by atoms with Crippen LogP contribution in [0.15, 0.2) is 28.7 Å². The maximum atomic E-state index is 12.7. The molecule has 1 fully saturated rings. The first-order chi connectivity index (χ1) is 12.6. The molecule has 3 heterocycles. The van der Waals surface area contributed by atoms with Crippen LogP contribution in [-0.4, -0.2) is 39.1 Å². The predicted molar refractivity (Wildman–Crippen MR) is 98.9 cm³/mol. The van der Waals surface area contributed by atoms with Crippen LogP contribution in [0.2, 0.25) is 0 Å². The number of aromatic nitrogens is 3. The molecule has 2 aromatic heterocycles. The second kappa shape index (κ2) is 6.94. The van der Waals surface area contributed by atoms with Gasteiger partial charge in [-0.1, -0.05) is 12.1 Å². The number of piperidine rings is 1. The Morgan fingerprint density at radius 2 is 2.19 bits per heavy atom. The van der Waals surface area contributed by atoms with E-state index in [9.17, 15) is 4.79 Å². The quantitative estimate of drug-likeness (QED) is 0.780. The summed E-state index contributed by atoms with van der Waals surface area (Å²) in [5.74, 6) is 1.11. The van der Waals surface area contributed by atoms with Crippen LogP contribution in [0.5, 0.6) is 0 Å². The predicted octanol–water partition coefficient (Wildman–Crippen LogP) is 3.51. The van der Waals surface area contributed by atoms with E-state index < -0.39 is 0 Å². The van der Waals surface area contributed by atoms with Crippen LogP contribution >= 0.6 is 0 Å². The Morgan fingerprint density at radius 1 is 1.35 bits per heavy atom. The van der Waals surface area contributed by atoms with E-state index in [0.29, 0.717) is 19.4 Å². The number of hydrogen-bond acceptors (Lipinski definition) is 4. The smallest absolute Gasteiger partial charge is 0.222 e. The lowest BCUT2D eigenvalue weighted by Gasteiger charge is -2.31. The van der Waals surface area contributed by atoms with E-state index in [-0.39, 0.29) is 11.8 Å². The average Bonchev–Trinajstić information content (AvgIpc) is 3.24. The number of carbonyl (C=O) groups excluding carboxylic acids is 1. The van der Waals surface area contributed by atoms with Gasteiger partial charge in [-0.3, -0.25) is 9.89 Å². The Labute approximate surface area is 152 Å². The lowest BCUT2D eigenvalue weighted by molar-refractivity contribution is -0.132. The Kier molecular flexibility index (Phi) is 4.49. The minimum atomic E-state index is 0.175. The first kappa shape index (κ1) is 16.8. The van der Waals surface area contributed by atoms with Gasteiger partial charge in [0, 0.05) is 31.6 Å². The first-order valence-corrected chi connectivity index (χ1v) is 9.25. The van der Waals surface area contributed by atoms with E-state index in [0.717, 1.165) is 53.3 Å². The molecule has 0 radical (unpaired) electrons. The zero-order valence-electron chi connectivity index (χ0n) is 15.3. The standard InChI is InChI=1S/C20H24N4O2/c1-13-14(2)22-23-16(13)9-10-19(25)24-11-5-6-15(12-24)20-21-17-7-3-4-8-18(17)26-20/h3-4,7-8,15H,5-6,9-12H2,1-2H3,(H,22,23)/t15-/m0/s1. The summed E-state index contributed by atoms with van der Waals surface area (Å²) in [6.45, 7) is 5.55. The van der Waals surface area contributed by atoms with Crippen molar-refractivity contribution in [3.05, 3.63) is 47.1 Å². The summed E-state index contributed by atoms with van der Waals surface area (Å²) < 4.78 is 5.92. The molecule has 3 aromatic rings. The minimum Gasteiger partial charge on any atom is -0.440 e. The van der Waals surface area contributed by atoms with Crippen molar-refractivity contribution >= 4 is 17.0 Å². The molecule has 4 rings (SSSR count). The van der Waals surface area contributed by atoms with E-state index in [1.165, 1.54) is 0 Å². The molecule has 0 saturated carbocycles. The van der Waals surface area contributed by atoms with Gasteiger partial charge in [-0.15, -0.1) is 0 Å². The van der Waals surface area contributed by atoms with Crippen molar-refractivity contribution < 1.29 is 9.21 Å². The lowest BCUT2D eigenvalue weighted by atomic mass is 9.97. The highest BCUT2D eigenvalue weighted by Crippen LogP contribution is 2.29. The molecular weight excluding hydrogens is 328 g/mol. The Balaban J connectivity index is 1.41. The number of aryl methyl sites for hydroxylation is 2. The largest absolute Gasteiger partial charge is 0.440 e. The van der Waals surface area contributed by atoms with Gasteiger partial charge in [0.2, 0.25) is 5.91 Å². The van der Waals surface area contributed by atoms with Crippen molar-refractivity contribution in [2.75, 3.05) is 13.1 Å². The van der Waals surface area contributed by atoms with Gasteiger partial charge < -0.3 is 9.32 Å². The molecule has 1 aliphatic heterocycles. The van der Waals surface area contributed by atoms with E-state index in [1.54, 1.807) is 0 Å². The Hall–Kier alpha value is -2.63. The molecule has 0 unspecified atom stereocenters. The number of H-pyrrole nitrogens is 1. The fraction of sp³-hybridized carbons (Fsp3) is 0.450. The lowest BCUT2D eigenvalue weighted by Crippen LogP contribution is -2.39. The number of amides is 1. The van der Waals surface area contributed by atoms with Gasteiger partial charge >= 0.3 is 0 Å². The van der Waals surface area contributed by atoms with Gasteiger partial charge in [0.25, 0.3) is 0 Å². The SMILES string of the molecule is Cc1[nH]nc(CCC(=O)N2CCC[C@H](c3nc4ccccc4o3)C2)c1C. The Morgan fingerprint density at radius 3 is 2.96 bits per heavy atom. The maximum absolute atomic E-state index is 12.7. The number of carbonyl (C=O) groups is 1. The van der Waals surface area contributed by atoms with Crippen LogP contribution in [0.4, 0.5) is 0 Å². The summed E-state index contributed by atoms with van der Waals surface area (Å²) >= 11 is 0. The van der Waals surface area contributed by atoms with Gasteiger partial charge in [0.05, 0.1) is 11.6 Å². The number of fused-ring (bicyclic) bond motifs is 1. The number of para-hydroxylation sites is 2. The van der Waals surface area contributed by atoms with Crippen LogP contribution < -0.4 is 0 Å². The number of likely N-dealkylation sites (tertiary alicyclic amines) is 1. The molecule has 1 atom stereocenters. The van der Waals surface area contributed by atoms with E-state index in [4.69, 9.17) is 4.42 Å². The highest BCUT2D eigenvalue weighted by molar-refractivity contribution is 5.76. The average molecular weight is 352 g/mol. The number of benzene rings is 1. The highest BCUT2D eigenvalue weighted by atomic mass is 16.3. The third kappa shape index (κ3) is 3.23. The van der Waals surface area contributed by atoms with Crippen molar-refractivity contribution in [2.45, 2.75) is 45.4 Å². The summed E-state index contributed by atoms with van der Waals surface area (Å²) in [4.78, 5) is 19.3. The molecule has 0 spiro atoms. The van der Waals surface area contributed by atoms with E-state index >= 15 is 0 Å². The summed E-state index contributed by atoms with van der Waals surface area (Å²) in [6, 6.07) is 7.81. The third-order valence-electron chi connectivity index (χ3n) is 5.36. The molecule has 6 nitrogen and oxygen atoms in total. The summed E-state index contributed by atoms with van der Waals surface area (Å²) in [7, 11) is 0. The topological polar surface area (TPSA) is 75.0 Å². The molecule has 1 amide bonds. The molecule has 26 heavy (non-hydrogen) atoms. The van der Waals surface area contributed by atoms with Gasteiger partial charge in [-0.05, 0) is 44.4 Å². The summed E-state index contributed by atoms with van der Waals surface area (Å²) in [5.41, 5.74) is 4.91. The number of rotatable bonds is 4. The molecule has 0 aliphatic carbocycles. The van der Waals surface area contributed by atoms with Gasteiger partial charge in [0.1, 0.15) is 5.52 Å². The number of aromatic amines is 1. The zero-order chi connectivity index (χ0) is 18.1. The van der Waals surface area contributed by atoms with Gasteiger partial charge in [0.15, 0.2) is 11.5 Å². The molecule has 1 saturated heterocycles. The number of nitrogens with one attached hydrogen (secondary N) is 1. The summed E-state index contributed by atoms with van der Waals surface area (Å²) in [6.07, 6.45) is 3.16. The van der Waals surface area contributed by atoms with Crippen molar-refractivity contribution in [3.63, 3.8) is 0 Å². The number of oxazole rings is 1. The van der Waals surface area contributed by atoms with Crippen LogP contribution in [0.25, 0.3) is 11.1 Å². The van der Waals surface area contributed by atoms with Gasteiger partial charge in [-0.2, -0.15) is 5.10 Å². The fourth-order valence-corrected chi connectivity index (χ4v) is 3.63. The van der Waals surface area contributed by atoms with Crippen molar-refractivity contribution in [1.82, 2.24) is 20.1 Å². The van der Waals surface area contributed by atoms with Crippen LogP contribution in [-0.2, 0) is 11.2 Å². The molecule has 0 bridgehead atoms. The third-order valence-corrected chi connectivity index (χ3v) is 5.36. The summed E-state index contributed by atoms with van der Waals surface area (Å²) in [5, 5.41) is 7.28. The number of nitrogens with zero attached hydrogens (tertiary/aromatic N) is 3. The molecular formula is C20H24N4O2. The molecule has 6 heteroatoms. The van der Waals surface area contributed by atoms with Crippen LogP contribution in [0.1, 0.15) is 48.0 Å². The fourth-order valence-electron chi connectivity index (χ4n) is 3.63. The highest BCUT2D eigenvalue weighted by Gasteiger charge is 2.28. The minimum absolute atomic E-state index is 0.175. The Bertz CT molecular complexity index is 894. The monoisotopic (exact) mass is 352 g/mol. The van der Waals surface area contributed by atoms with E-state index in [2.05, 4.69) is 15.2 Å².